The van der Waals surface area contributed by atoms with Crippen LogP contribution in [0.25, 0.3) is 10.8 Å². The zero-order chi connectivity index (χ0) is 27.9. The van der Waals surface area contributed by atoms with Gasteiger partial charge in [0.1, 0.15) is 24.2 Å². The molecule has 3 amide bonds. The quantitative estimate of drug-likeness (QED) is 0.387. The van der Waals surface area contributed by atoms with E-state index in [1.807, 2.05) is 55.5 Å². The average Bonchev–Trinajstić information content (AvgIpc) is 2.85. The zero-order valence-electron chi connectivity index (χ0n) is 21.9. The number of carbonyl (C=O) groups excluding carboxylic acids is 3. The molecule has 0 heterocycles. The van der Waals surface area contributed by atoms with Crippen molar-refractivity contribution in [1.82, 2.24) is 10.2 Å². The minimum absolute atomic E-state index is 0.463. The van der Waals surface area contributed by atoms with Crippen molar-refractivity contribution < 1.29 is 24.2 Å². The van der Waals surface area contributed by atoms with Crippen LogP contribution in [0, 0.1) is 18.3 Å². The minimum Gasteiger partial charge on any atom is -0.444 e. The molecule has 3 N–H and O–H groups in total. The number of aliphatic hydroxyl groups excluding tert-OH is 1. The molecule has 0 saturated heterocycles. The molecule has 0 saturated carbocycles. The number of anilines is 1. The number of nitriles is 1. The van der Waals surface area contributed by atoms with Crippen LogP contribution in [-0.2, 0) is 14.3 Å². The molecule has 0 spiro atoms. The fourth-order valence-corrected chi connectivity index (χ4v) is 4.00. The van der Waals surface area contributed by atoms with Crippen molar-refractivity contribution in [2.45, 2.75) is 45.4 Å². The number of carbonyl (C=O) groups is 3. The summed E-state index contributed by atoms with van der Waals surface area (Å²) in [5.41, 5.74) is 1.01. The van der Waals surface area contributed by atoms with Gasteiger partial charge in [-0.05, 0) is 56.2 Å². The number of aryl methyl sites for hydroxylation is 1. The van der Waals surface area contributed by atoms with E-state index in [4.69, 9.17) is 4.74 Å². The number of hydrogen-bond donors (Lipinski definition) is 3. The number of hydrogen-bond acceptors (Lipinski definition) is 6. The highest BCUT2D eigenvalue weighted by Crippen LogP contribution is 2.26. The van der Waals surface area contributed by atoms with E-state index in [1.54, 1.807) is 45.0 Å². The molecule has 0 fully saturated rings. The van der Waals surface area contributed by atoms with Gasteiger partial charge in [0.05, 0.1) is 12.7 Å². The van der Waals surface area contributed by atoms with E-state index < -0.39 is 48.7 Å². The molecule has 38 heavy (non-hydrogen) atoms. The number of aliphatic hydroxyl groups is 1. The van der Waals surface area contributed by atoms with Gasteiger partial charge in [-0.15, -0.1) is 0 Å². The lowest BCUT2D eigenvalue weighted by Crippen LogP contribution is -2.54. The van der Waals surface area contributed by atoms with E-state index >= 15 is 0 Å². The summed E-state index contributed by atoms with van der Waals surface area (Å²) < 4.78 is 5.21. The Bertz CT molecular complexity index is 1360. The summed E-state index contributed by atoms with van der Waals surface area (Å²) in [6, 6.07) is 19.4. The maximum Gasteiger partial charge on any atom is 0.408 e. The first-order valence-corrected chi connectivity index (χ1v) is 12.2. The lowest BCUT2D eigenvalue weighted by molar-refractivity contribution is -0.140. The maximum absolute atomic E-state index is 13.7. The number of nitrogens with zero attached hydrogens (tertiary/aromatic N) is 2. The van der Waals surface area contributed by atoms with Crippen LogP contribution >= 0.6 is 0 Å². The first kappa shape index (κ1) is 28.2. The summed E-state index contributed by atoms with van der Waals surface area (Å²) in [6.45, 7) is 5.61. The van der Waals surface area contributed by atoms with Gasteiger partial charge in [-0.25, -0.2) is 4.79 Å². The third-order valence-corrected chi connectivity index (χ3v) is 5.63. The van der Waals surface area contributed by atoms with E-state index in [1.165, 1.54) is 0 Å². The second-order valence-electron chi connectivity index (χ2n) is 9.87. The highest BCUT2D eigenvalue weighted by Gasteiger charge is 2.36. The summed E-state index contributed by atoms with van der Waals surface area (Å²) in [6.07, 6.45) is -0.908. The SMILES string of the molecule is Cc1cccc(C(C(=O)Nc2ccc3ccccc3c2)N(CC#N)C(=O)C(CO)NC(=O)OC(C)(C)C)c1. The molecule has 0 aliphatic carbocycles. The van der Waals surface area contributed by atoms with Gasteiger partial charge in [0.25, 0.3) is 5.91 Å². The third-order valence-electron chi connectivity index (χ3n) is 5.63. The van der Waals surface area contributed by atoms with Crippen LogP contribution in [0.4, 0.5) is 10.5 Å². The first-order valence-electron chi connectivity index (χ1n) is 12.2. The molecule has 9 heteroatoms. The molecular formula is C29H32N4O5. The molecule has 0 aromatic heterocycles. The van der Waals surface area contributed by atoms with Crippen LogP contribution in [0.3, 0.4) is 0 Å². The number of amides is 3. The molecular weight excluding hydrogens is 484 g/mol. The summed E-state index contributed by atoms with van der Waals surface area (Å²) >= 11 is 0. The van der Waals surface area contributed by atoms with Gasteiger partial charge in [0.2, 0.25) is 5.91 Å². The van der Waals surface area contributed by atoms with Crippen molar-refractivity contribution in [2.75, 3.05) is 18.5 Å². The largest absolute Gasteiger partial charge is 0.444 e. The summed E-state index contributed by atoms with van der Waals surface area (Å²) in [5, 5.41) is 26.6. The maximum atomic E-state index is 13.7. The Morgan fingerprint density at radius 1 is 1.03 bits per heavy atom. The number of fused-ring (bicyclic) bond motifs is 1. The highest BCUT2D eigenvalue weighted by atomic mass is 16.6. The smallest absolute Gasteiger partial charge is 0.408 e. The standard InChI is InChI=1S/C29H32N4O5/c1-19-8-7-11-22(16-19)25(26(35)31-23-13-12-20-9-5-6-10-21(20)17-23)33(15-14-30)27(36)24(18-34)32-28(37)38-29(2,3)4/h5-13,16-17,24-25,34H,15,18H2,1-4H3,(H,31,35)(H,32,37). The van der Waals surface area contributed by atoms with Crippen LogP contribution < -0.4 is 10.6 Å². The molecule has 9 nitrogen and oxygen atoms in total. The molecule has 3 aromatic rings. The number of rotatable bonds is 8. The minimum atomic E-state index is -1.43. The Morgan fingerprint density at radius 3 is 2.37 bits per heavy atom. The zero-order valence-corrected chi connectivity index (χ0v) is 21.9. The Balaban J connectivity index is 1.97. The van der Waals surface area contributed by atoms with Gasteiger partial charge < -0.3 is 25.4 Å². The first-order chi connectivity index (χ1) is 18.0. The van der Waals surface area contributed by atoms with Crippen molar-refractivity contribution in [1.29, 1.82) is 5.26 Å². The van der Waals surface area contributed by atoms with Crippen LogP contribution in [-0.4, -0.2) is 52.7 Å². The van der Waals surface area contributed by atoms with Gasteiger partial charge >= 0.3 is 6.09 Å². The molecule has 198 valence electrons. The second-order valence-corrected chi connectivity index (χ2v) is 9.87. The Labute approximate surface area is 222 Å². The molecule has 0 aliphatic rings. The van der Waals surface area contributed by atoms with E-state index in [0.717, 1.165) is 21.2 Å². The lowest BCUT2D eigenvalue weighted by atomic mass is 10.0. The van der Waals surface area contributed by atoms with Crippen LogP contribution in [0.1, 0.15) is 37.9 Å². The van der Waals surface area contributed by atoms with E-state index in [0.29, 0.717) is 11.3 Å². The van der Waals surface area contributed by atoms with Gasteiger partial charge in [0, 0.05) is 5.69 Å². The summed E-state index contributed by atoms with van der Waals surface area (Å²) in [4.78, 5) is 40.6. The number of alkyl carbamates (subject to hydrolysis) is 1. The fraction of sp³-hybridized carbons (Fsp3) is 0.310. The second kappa shape index (κ2) is 12.2. The molecule has 3 aromatic carbocycles. The van der Waals surface area contributed by atoms with Crippen molar-refractivity contribution >= 4 is 34.4 Å². The van der Waals surface area contributed by atoms with Crippen LogP contribution in [0.15, 0.2) is 66.7 Å². The van der Waals surface area contributed by atoms with E-state index in [9.17, 15) is 24.8 Å². The molecule has 0 aliphatic heterocycles. The monoisotopic (exact) mass is 516 g/mol. The number of nitrogens with one attached hydrogen (secondary N) is 2. The van der Waals surface area contributed by atoms with Crippen molar-refractivity contribution in [3.63, 3.8) is 0 Å². The van der Waals surface area contributed by atoms with Gasteiger partial charge in [-0.3, -0.25) is 9.59 Å². The van der Waals surface area contributed by atoms with E-state index in [2.05, 4.69) is 10.6 Å². The Morgan fingerprint density at radius 2 is 1.74 bits per heavy atom. The molecule has 2 atom stereocenters. The fourth-order valence-electron chi connectivity index (χ4n) is 4.00. The third kappa shape index (κ3) is 7.31. The van der Waals surface area contributed by atoms with Crippen LogP contribution in [0.2, 0.25) is 0 Å². The van der Waals surface area contributed by atoms with Crippen molar-refractivity contribution in [3.8, 4) is 6.07 Å². The Hall–Kier alpha value is -4.42. The normalized spacial score (nSPS) is 12.6. The molecule has 2 unspecified atom stereocenters. The van der Waals surface area contributed by atoms with Gasteiger partial charge in [-0.1, -0.05) is 60.2 Å². The summed E-state index contributed by atoms with van der Waals surface area (Å²) in [7, 11) is 0. The van der Waals surface area contributed by atoms with Crippen molar-refractivity contribution in [3.05, 3.63) is 77.9 Å². The average molecular weight is 517 g/mol. The molecule has 0 radical (unpaired) electrons. The lowest BCUT2D eigenvalue weighted by Gasteiger charge is -2.32. The Kier molecular flexibility index (Phi) is 9.05. The highest BCUT2D eigenvalue weighted by molar-refractivity contribution is 6.00. The van der Waals surface area contributed by atoms with Gasteiger partial charge in [0.15, 0.2) is 0 Å². The molecule has 0 bridgehead atoms. The predicted molar refractivity (Wildman–Crippen MR) is 144 cm³/mol. The number of benzene rings is 3. The van der Waals surface area contributed by atoms with Crippen LogP contribution in [0.5, 0.6) is 0 Å². The molecule has 3 rings (SSSR count). The van der Waals surface area contributed by atoms with E-state index in [-0.39, 0.29) is 0 Å². The summed E-state index contributed by atoms with van der Waals surface area (Å²) in [5.74, 6) is -1.36. The topological polar surface area (TPSA) is 132 Å². The van der Waals surface area contributed by atoms with Crippen molar-refractivity contribution in [2.24, 2.45) is 0 Å². The van der Waals surface area contributed by atoms with Gasteiger partial charge in [-0.2, -0.15) is 5.26 Å². The predicted octanol–water partition coefficient (Wildman–Crippen LogP) is 4.07. The number of ether oxygens (including phenoxy) is 1.